The van der Waals surface area contributed by atoms with Crippen molar-refractivity contribution >= 4 is 28.9 Å². The molecule has 0 radical (unpaired) electrons. The smallest absolute Gasteiger partial charge is 0.327 e. The average molecular weight is 310 g/mol. The van der Waals surface area contributed by atoms with Crippen LogP contribution in [0.15, 0.2) is 41.8 Å². The summed E-state index contributed by atoms with van der Waals surface area (Å²) in [5, 5.41) is 5.88. The summed E-state index contributed by atoms with van der Waals surface area (Å²) in [5.74, 6) is -0.307. The molecular weight excluding hydrogens is 294 g/mol. The van der Waals surface area contributed by atoms with E-state index >= 15 is 0 Å². The highest BCUT2D eigenvalue weighted by molar-refractivity contribution is 7.09. The van der Waals surface area contributed by atoms with Crippen LogP contribution in [0.3, 0.4) is 0 Å². The molecule has 106 valence electrons. The lowest BCUT2D eigenvalue weighted by Gasteiger charge is -2.17. The molecule has 0 saturated heterocycles. The van der Waals surface area contributed by atoms with Gasteiger partial charge in [0.2, 0.25) is 0 Å². The van der Waals surface area contributed by atoms with E-state index in [1.54, 1.807) is 23.5 Å². The SMILES string of the molecule is COC(=O)[C@@H](NCCc1cccs1)c1cccc(Cl)c1. The maximum atomic E-state index is 11.9. The summed E-state index contributed by atoms with van der Waals surface area (Å²) in [6, 6.07) is 10.9. The van der Waals surface area contributed by atoms with E-state index in [9.17, 15) is 4.79 Å². The van der Waals surface area contributed by atoms with Crippen molar-refractivity contribution in [2.24, 2.45) is 0 Å². The molecule has 2 aromatic rings. The minimum atomic E-state index is -0.487. The minimum absolute atomic E-state index is 0.307. The molecule has 0 fully saturated rings. The number of hydrogen-bond donors (Lipinski definition) is 1. The number of nitrogens with one attached hydrogen (secondary N) is 1. The number of methoxy groups -OCH3 is 1. The summed E-state index contributed by atoms with van der Waals surface area (Å²) < 4.78 is 4.85. The van der Waals surface area contributed by atoms with Crippen molar-refractivity contribution in [1.29, 1.82) is 0 Å². The van der Waals surface area contributed by atoms with Crippen LogP contribution in [0.25, 0.3) is 0 Å². The van der Waals surface area contributed by atoms with Crippen molar-refractivity contribution in [3.63, 3.8) is 0 Å². The highest BCUT2D eigenvalue weighted by Gasteiger charge is 2.20. The Morgan fingerprint density at radius 3 is 2.90 bits per heavy atom. The van der Waals surface area contributed by atoms with Gasteiger partial charge < -0.3 is 10.1 Å². The van der Waals surface area contributed by atoms with E-state index in [-0.39, 0.29) is 5.97 Å². The van der Waals surface area contributed by atoms with E-state index in [1.807, 2.05) is 23.6 Å². The number of carbonyl (C=O) groups is 1. The Morgan fingerprint density at radius 1 is 1.40 bits per heavy atom. The number of thiophene rings is 1. The lowest BCUT2D eigenvalue weighted by Crippen LogP contribution is -2.31. The maximum absolute atomic E-state index is 11.9. The van der Waals surface area contributed by atoms with Crippen LogP contribution in [0.5, 0.6) is 0 Å². The number of ether oxygens (including phenoxy) is 1. The topological polar surface area (TPSA) is 38.3 Å². The Hall–Kier alpha value is -1.36. The molecule has 0 spiro atoms. The summed E-state index contributed by atoms with van der Waals surface area (Å²) in [6.07, 6.45) is 0.881. The number of halogens is 1. The van der Waals surface area contributed by atoms with Crippen LogP contribution >= 0.6 is 22.9 Å². The van der Waals surface area contributed by atoms with Gasteiger partial charge >= 0.3 is 5.97 Å². The van der Waals surface area contributed by atoms with Crippen LogP contribution in [0.4, 0.5) is 0 Å². The van der Waals surface area contributed by atoms with Crippen molar-refractivity contribution in [3.8, 4) is 0 Å². The van der Waals surface area contributed by atoms with Crippen molar-refractivity contribution in [2.75, 3.05) is 13.7 Å². The van der Waals surface area contributed by atoms with Gasteiger partial charge in [-0.3, -0.25) is 0 Å². The van der Waals surface area contributed by atoms with E-state index in [0.717, 1.165) is 12.0 Å². The first-order valence-electron chi connectivity index (χ1n) is 6.30. The van der Waals surface area contributed by atoms with E-state index in [1.165, 1.54) is 12.0 Å². The third-order valence-electron chi connectivity index (χ3n) is 2.92. The van der Waals surface area contributed by atoms with Crippen LogP contribution < -0.4 is 5.32 Å². The minimum Gasteiger partial charge on any atom is -0.468 e. The maximum Gasteiger partial charge on any atom is 0.327 e. The summed E-state index contributed by atoms with van der Waals surface area (Å²) in [6.45, 7) is 0.701. The molecule has 1 N–H and O–H groups in total. The predicted molar refractivity (Wildman–Crippen MR) is 82.2 cm³/mol. The molecule has 0 bridgehead atoms. The largest absolute Gasteiger partial charge is 0.468 e. The Balaban J connectivity index is 2.02. The third-order valence-corrected chi connectivity index (χ3v) is 4.09. The molecule has 3 nitrogen and oxygen atoms in total. The van der Waals surface area contributed by atoms with Gasteiger partial charge in [-0.25, -0.2) is 4.79 Å². The number of benzene rings is 1. The molecule has 0 saturated carbocycles. The van der Waals surface area contributed by atoms with Gasteiger partial charge in [0, 0.05) is 16.4 Å². The van der Waals surface area contributed by atoms with Crippen molar-refractivity contribution in [3.05, 3.63) is 57.2 Å². The van der Waals surface area contributed by atoms with Gasteiger partial charge in [-0.1, -0.05) is 29.8 Å². The number of rotatable bonds is 6. The Bertz CT molecular complexity index is 557. The Labute approximate surface area is 127 Å². The molecule has 5 heteroatoms. The van der Waals surface area contributed by atoms with E-state index < -0.39 is 6.04 Å². The number of carbonyl (C=O) groups excluding carboxylic acids is 1. The van der Waals surface area contributed by atoms with Crippen molar-refractivity contribution in [2.45, 2.75) is 12.5 Å². The molecule has 0 aliphatic carbocycles. The monoisotopic (exact) mass is 309 g/mol. The lowest BCUT2D eigenvalue weighted by molar-refractivity contribution is -0.143. The zero-order chi connectivity index (χ0) is 14.4. The van der Waals surface area contributed by atoms with E-state index in [2.05, 4.69) is 11.4 Å². The Kier molecular flexibility index (Phi) is 5.59. The van der Waals surface area contributed by atoms with Gasteiger partial charge in [0.1, 0.15) is 6.04 Å². The van der Waals surface area contributed by atoms with Crippen molar-refractivity contribution in [1.82, 2.24) is 5.32 Å². The zero-order valence-corrected chi connectivity index (χ0v) is 12.7. The first-order chi connectivity index (χ1) is 9.70. The molecule has 0 unspecified atom stereocenters. The van der Waals surface area contributed by atoms with E-state index in [4.69, 9.17) is 16.3 Å². The standard InChI is InChI=1S/C15H16ClNO2S/c1-19-15(18)14(11-4-2-5-12(16)10-11)17-8-7-13-6-3-9-20-13/h2-6,9-10,14,17H,7-8H2,1H3/t14-/m0/s1. The van der Waals surface area contributed by atoms with Gasteiger partial charge in [-0.15, -0.1) is 11.3 Å². The molecule has 1 heterocycles. The summed E-state index contributed by atoms with van der Waals surface area (Å²) >= 11 is 7.68. The molecule has 20 heavy (non-hydrogen) atoms. The fourth-order valence-corrected chi connectivity index (χ4v) is 2.84. The predicted octanol–water partition coefficient (Wildman–Crippen LogP) is 3.45. The van der Waals surface area contributed by atoms with Crippen LogP contribution in [-0.2, 0) is 16.0 Å². The van der Waals surface area contributed by atoms with Crippen LogP contribution in [0.2, 0.25) is 5.02 Å². The molecule has 1 atom stereocenters. The second kappa shape index (κ2) is 7.43. The Morgan fingerprint density at radius 2 is 2.25 bits per heavy atom. The second-order valence-electron chi connectivity index (χ2n) is 4.29. The van der Waals surface area contributed by atoms with Gasteiger partial charge in [0.15, 0.2) is 0 Å². The average Bonchev–Trinajstić information content (AvgIpc) is 2.96. The molecule has 2 rings (SSSR count). The first kappa shape index (κ1) is 15.0. The van der Waals surface area contributed by atoms with Gasteiger partial charge in [-0.2, -0.15) is 0 Å². The van der Waals surface area contributed by atoms with E-state index in [0.29, 0.717) is 11.6 Å². The lowest BCUT2D eigenvalue weighted by atomic mass is 10.1. The highest BCUT2D eigenvalue weighted by atomic mass is 35.5. The number of esters is 1. The van der Waals surface area contributed by atoms with Crippen LogP contribution in [0.1, 0.15) is 16.5 Å². The number of hydrogen-bond acceptors (Lipinski definition) is 4. The molecule has 0 aliphatic heterocycles. The summed E-state index contributed by atoms with van der Waals surface area (Å²) in [5.41, 5.74) is 0.815. The molecule has 1 aromatic heterocycles. The third kappa shape index (κ3) is 4.07. The van der Waals surface area contributed by atoms with Crippen LogP contribution in [-0.4, -0.2) is 19.6 Å². The highest BCUT2D eigenvalue weighted by Crippen LogP contribution is 2.19. The molecule has 0 amide bonds. The fourth-order valence-electron chi connectivity index (χ4n) is 1.94. The molecule has 1 aromatic carbocycles. The van der Waals surface area contributed by atoms with Gasteiger partial charge in [-0.05, 0) is 35.6 Å². The zero-order valence-electron chi connectivity index (χ0n) is 11.1. The fraction of sp³-hybridized carbons (Fsp3) is 0.267. The van der Waals surface area contributed by atoms with Gasteiger partial charge in [0.25, 0.3) is 0 Å². The normalized spacial score (nSPS) is 12.1. The van der Waals surface area contributed by atoms with Gasteiger partial charge in [0.05, 0.1) is 7.11 Å². The molecular formula is C15H16ClNO2S. The summed E-state index contributed by atoms with van der Waals surface area (Å²) in [4.78, 5) is 13.2. The first-order valence-corrected chi connectivity index (χ1v) is 7.55. The summed E-state index contributed by atoms with van der Waals surface area (Å²) in [7, 11) is 1.39. The molecule has 0 aliphatic rings. The van der Waals surface area contributed by atoms with Crippen molar-refractivity contribution < 1.29 is 9.53 Å². The second-order valence-corrected chi connectivity index (χ2v) is 5.76. The quantitative estimate of drug-likeness (QED) is 0.831. The van der Waals surface area contributed by atoms with Crippen LogP contribution in [0, 0.1) is 0 Å².